The maximum atomic E-state index is 9.22. The SMILES string of the molecule is CC1=CC(C)(C)Nc2ccc(C(C#N)=C(C#N)C#N)cc21. The van der Waals surface area contributed by atoms with Gasteiger partial charge in [-0.3, -0.25) is 0 Å². The third-order valence-corrected chi connectivity index (χ3v) is 3.35. The molecule has 0 radical (unpaired) electrons. The number of rotatable bonds is 1. The fourth-order valence-corrected chi connectivity index (χ4v) is 2.54. The molecule has 0 spiro atoms. The van der Waals surface area contributed by atoms with Gasteiger partial charge >= 0.3 is 0 Å². The normalized spacial score (nSPS) is 14.4. The molecule has 0 fully saturated rings. The van der Waals surface area contributed by atoms with Gasteiger partial charge in [0.05, 0.1) is 11.1 Å². The summed E-state index contributed by atoms with van der Waals surface area (Å²) in [6.45, 7) is 6.17. The highest BCUT2D eigenvalue weighted by molar-refractivity contribution is 5.88. The Morgan fingerprint density at radius 1 is 1.10 bits per heavy atom. The Labute approximate surface area is 124 Å². The van der Waals surface area contributed by atoms with E-state index in [4.69, 9.17) is 10.5 Å². The number of fused-ring (bicyclic) bond motifs is 1. The summed E-state index contributed by atoms with van der Waals surface area (Å²) in [6.07, 6.45) is 2.12. The van der Waals surface area contributed by atoms with Crippen molar-refractivity contribution in [1.82, 2.24) is 0 Å². The highest BCUT2D eigenvalue weighted by atomic mass is 15.0. The van der Waals surface area contributed by atoms with Crippen LogP contribution in [-0.2, 0) is 0 Å². The Balaban J connectivity index is 2.62. The van der Waals surface area contributed by atoms with Crippen molar-refractivity contribution in [3.63, 3.8) is 0 Å². The lowest BCUT2D eigenvalue weighted by Gasteiger charge is -2.31. The van der Waals surface area contributed by atoms with Gasteiger partial charge in [-0.15, -0.1) is 0 Å². The lowest BCUT2D eigenvalue weighted by molar-refractivity contribution is 0.707. The standard InChI is InChI=1S/C17H14N4/c1-11-7-17(2,3)21-16-5-4-12(6-14(11)16)15(10-20)13(8-18)9-19/h4-7,21H,1-3H3. The van der Waals surface area contributed by atoms with Crippen molar-refractivity contribution in [3.05, 3.63) is 41.0 Å². The smallest absolute Gasteiger partial charge is 0.148 e. The van der Waals surface area contributed by atoms with Crippen molar-refractivity contribution < 1.29 is 0 Å². The molecule has 1 aromatic rings. The van der Waals surface area contributed by atoms with E-state index in [0.29, 0.717) is 5.56 Å². The molecule has 0 saturated heterocycles. The third-order valence-electron chi connectivity index (χ3n) is 3.35. The molecule has 0 atom stereocenters. The molecule has 1 aliphatic rings. The summed E-state index contributed by atoms with van der Waals surface area (Å²) in [5, 5.41) is 30.5. The zero-order chi connectivity index (χ0) is 15.6. The molecule has 0 amide bonds. The van der Waals surface area contributed by atoms with Crippen LogP contribution in [0.5, 0.6) is 0 Å². The molecular weight excluding hydrogens is 260 g/mol. The first-order chi connectivity index (χ1) is 9.91. The second-order valence-electron chi connectivity index (χ2n) is 5.52. The number of benzene rings is 1. The molecule has 1 aliphatic heterocycles. The van der Waals surface area contributed by atoms with Crippen LogP contribution < -0.4 is 5.32 Å². The van der Waals surface area contributed by atoms with Gasteiger partial charge in [0.25, 0.3) is 0 Å². The van der Waals surface area contributed by atoms with Crippen LogP contribution in [0.25, 0.3) is 11.1 Å². The van der Waals surface area contributed by atoms with E-state index in [1.807, 2.05) is 25.1 Å². The number of nitriles is 3. The average molecular weight is 274 g/mol. The van der Waals surface area contributed by atoms with Gasteiger partial charge in [-0.1, -0.05) is 12.1 Å². The summed E-state index contributed by atoms with van der Waals surface area (Å²) in [7, 11) is 0. The summed E-state index contributed by atoms with van der Waals surface area (Å²) in [5.74, 6) is 0. The number of hydrogen-bond acceptors (Lipinski definition) is 4. The highest BCUT2D eigenvalue weighted by Crippen LogP contribution is 2.35. The van der Waals surface area contributed by atoms with Gasteiger partial charge in [0.1, 0.15) is 23.8 Å². The Hall–Kier alpha value is -3.03. The molecule has 0 aliphatic carbocycles. The molecule has 0 unspecified atom stereocenters. The Bertz CT molecular complexity index is 774. The zero-order valence-corrected chi connectivity index (χ0v) is 12.2. The number of nitrogens with one attached hydrogen (secondary N) is 1. The molecule has 102 valence electrons. The van der Waals surface area contributed by atoms with Crippen LogP contribution in [0.2, 0.25) is 0 Å². The summed E-state index contributed by atoms with van der Waals surface area (Å²) in [4.78, 5) is 0. The van der Waals surface area contributed by atoms with E-state index >= 15 is 0 Å². The molecule has 1 N–H and O–H groups in total. The Kier molecular flexibility index (Phi) is 3.53. The fraction of sp³-hybridized carbons (Fsp3) is 0.235. The van der Waals surface area contributed by atoms with Crippen molar-refractivity contribution in [2.45, 2.75) is 26.3 Å². The van der Waals surface area contributed by atoms with Crippen molar-refractivity contribution in [3.8, 4) is 18.2 Å². The van der Waals surface area contributed by atoms with Gasteiger partial charge in [0.2, 0.25) is 0 Å². The monoisotopic (exact) mass is 274 g/mol. The van der Waals surface area contributed by atoms with E-state index in [-0.39, 0.29) is 16.7 Å². The van der Waals surface area contributed by atoms with E-state index in [1.54, 1.807) is 18.2 Å². The first kappa shape index (κ1) is 14.4. The van der Waals surface area contributed by atoms with E-state index in [9.17, 15) is 5.26 Å². The van der Waals surface area contributed by atoms with E-state index < -0.39 is 0 Å². The molecule has 21 heavy (non-hydrogen) atoms. The maximum absolute atomic E-state index is 9.22. The van der Waals surface area contributed by atoms with Crippen molar-refractivity contribution in [2.24, 2.45) is 0 Å². The van der Waals surface area contributed by atoms with E-state index in [2.05, 4.69) is 25.2 Å². The van der Waals surface area contributed by atoms with Crippen molar-refractivity contribution in [1.29, 1.82) is 15.8 Å². The van der Waals surface area contributed by atoms with Gasteiger partial charge in [-0.25, -0.2) is 0 Å². The number of anilines is 1. The summed E-state index contributed by atoms with van der Waals surface area (Å²) >= 11 is 0. The maximum Gasteiger partial charge on any atom is 0.148 e. The van der Waals surface area contributed by atoms with Crippen LogP contribution in [0.3, 0.4) is 0 Å². The van der Waals surface area contributed by atoms with E-state index in [1.165, 1.54) is 0 Å². The first-order valence-corrected chi connectivity index (χ1v) is 6.49. The van der Waals surface area contributed by atoms with Crippen molar-refractivity contribution in [2.75, 3.05) is 5.32 Å². The summed E-state index contributed by atoms with van der Waals surface area (Å²) < 4.78 is 0. The lowest BCUT2D eigenvalue weighted by Crippen LogP contribution is -2.31. The molecule has 4 nitrogen and oxygen atoms in total. The molecule has 0 aromatic heterocycles. The molecule has 0 bridgehead atoms. The van der Waals surface area contributed by atoms with Crippen LogP contribution >= 0.6 is 0 Å². The van der Waals surface area contributed by atoms with Gasteiger partial charge in [0, 0.05) is 11.3 Å². The summed E-state index contributed by atoms with van der Waals surface area (Å²) in [5.41, 5.74) is 3.47. The largest absolute Gasteiger partial charge is 0.376 e. The topological polar surface area (TPSA) is 83.4 Å². The molecular formula is C17H14N4. The predicted molar refractivity (Wildman–Crippen MR) is 81.6 cm³/mol. The Morgan fingerprint density at radius 2 is 1.76 bits per heavy atom. The molecule has 0 saturated carbocycles. The van der Waals surface area contributed by atoms with Gasteiger partial charge in [-0.05, 0) is 44.0 Å². The van der Waals surface area contributed by atoms with Crippen LogP contribution in [0, 0.1) is 34.0 Å². The Morgan fingerprint density at radius 3 is 2.33 bits per heavy atom. The van der Waals surface area contributed by atoms with Gasteiger partial charge in [-0.2, -0.15) is 15.8 Å². The molecule has 4 heteroatoms. The third kappa shape index (κ3) is 2.64. The predicted octanol–water partition coefficient (Wildman–Crippen LogP) is 3.62. The second-order valence-corrected chi connectivity index (χ2v) is 5.52. The average Bonchev–Trinajstić information content (AvgIpc) is 2.43. The summed E-state index contributed by atoms with van der Waals surface area (Å²) in [6, 6.07) is 11.0. The molecule has 2 rings (SSSR count). The molecule has 1 aromatic carbocycles. The van der Waals surface area contributed by atoms with Crippen LogP contribution in [0.4, 0.5) is 5.69 Å². The minimum atomic E-state index is -0.164. The van der Waals surface area contributed by atoms with Gasteiger partial charge < -0.3 is 5.32 Å². The molecule has 1 heterocycles. The highest BCUT2D eigenvalue weighted by Gasteiger charge is 2.23. The second kappa shape index (κ2) is 5.16. The number of allylic oxidation sites excluding steroid dienone is 3. The van der Waals surface area contributed by atoms with Crippen molar-refractivity contribution >= 4 is 16.8 Å². The number of nitrogens with zero attached hydrogens (tertiary/aromatic N) is 3. The minimum absolute atomic E-state index is 0.112. The fourth-order valence-electron chi connectivity index (χ4n) is 2.54. The minimum Gasteiger partial charge on any atom is -0.376 e. The lowest BCUT2D eigenvalue weighted by atomic mass is 9.89. The van der Waals surface area contributed by atoms with E-state index in [0.717, 1.165) is 16.8 Å². The zero-order valence-electron chi connectivity index (χ0n) is 12.2. The van der Waals surface area contributed by atoms with Gasteiger partial charge in [0.15, 0.2) is 0 Å². The van der Waals surface area contributed by atoms with Crippen LogP contribution in [0.1, 0.15) is 31.9 Å². The van der Waals surface area contributed by atoms with Crippen LogP contribution in [0.15, 0.2) is 29.8 Å². The first-order valence-electron chi connectivity index (χ1n) is 6.49. The quantitative estimate of drug-likeness (QED) is 0.793. The number of hydrogen-bond donors (Lipinski definition) is 1. The van der Waals surface area contributed by atoms with Crippen LogP contribution in [-0.4, -0.2) is 5.54 Å².